The standard InChI is InChI=1S/C16H15Cl2N3O5S/c1-21(2)27(24,25)13-7-11(4-5-12(13)17)20-15(22)9-26-16(23)10-3-6-14(18)19-8-10/h3-8H,9H2,1-2H3,(H,20,22). The molecule has 0 atom stereocenters. The van der Waals surface area contributed by atoms with Crippen LogP contribution in [0.5, 0.6) is 0 Å². The van der Waals surface area contributed by atoms with Gasteiger partial charge >= 0.3 is 5.97 Å². The van der Waals surface area contributed by atoms with E-state index in [4.69, 9.17) is 27.9 Å². The predicted molar refractivity (Wildman–Crippen MR) is 100 cm³/mol. The number of hydrogen-bond acceptors (Lipinski definition) is 6. The van der Waals surface area contributed by atoms with Crippen LogP contribution in [0.25, 0.3) is 0 Å². The number of aromatic nitrogens is 1. The Hall–Kier alpha value is -2.20. The zero-order valence-electron chi connectivity index (χ0n) is 14.3. The average molecular weight is 432 g/mol. The molecule has 1 aromatic carbocycles. The first-order valence-electron chi connectivity index (χ1n) is 7.42. The molecule has 27 heavy (non-hydrogen) atoms. The molecule has 0 saturated carbocycles. The van der Waals surface area contributed by atoms with Crippen molar-refractivity contribution < 1.29 is 22.7 Å². The van der Waals surface area contributed by atoms with Crippen molar-refractivity contribution in [3.05, 3.63) is 52.3 Å². The number of carbonyl (C=O) groups is 2. The van der Waals surface area contributed by atoms with Gasteiger partial charge < -0.3 is 10.1 Å². The number of halogens is 2. The van der Waals surface area contributed by atoms with Crippen molar-refractivity contribution >= 4 is 50.8 Å². The van der Waals surface area contributed by atoms with Gasteiger partial charge in [0.15, 0.2) is 6.61 Å². The number of anilines is 1. The number of pyridine rings is 1. The highest BCUT2D eigenvalue weighted by Gasteiger charge is 2.21. The van der Waals surface area contributed by atoms with Crippen molar-refractivity contribution in [2.75, 3.05) is 26.0 Å². The fraction of sp³-hybridized carbons (Fsp3) is 0.188. The molecule has 1 N–H and O–H groups in total. The number of ether oxygens (including phenoxy) is 1. The second kappa shape index (κ2) is 8.66. The van der Waals surface area contributed by atoms with E-state index < -0.39 is 28.5 Å². The minimum Gasteiger partial charge on any atom is -0.452 e. The van der Waals surface area contributed by atoms with E-state index in [1.54, 1.807) is 0 Å². The lowest BCUT2D eigenvalue weighted by molar-refractivity contribution is -0.119. The quantitative estimate of drug-likeness (QED) is 0.555. The maximum atomic E-state index is 12.2. The third kappa shape index (κ3) is 5.39. The second-order valence-corrected chi connectivity index (χ2v) is 8.34. The molecule has 0 radical (unpaired) electrons. The van der Waals surface area contributed by atoms with Crippen LogP contribution in [0.4, 0.5) is 5.69 Å². The Bertz CT molecular complexity index is 963. The van der Waals surface area contributed by atoms with Gasteiger partial charge in [0.2, 0.25) is 10.0 Å². The first kappa shape index (κ1) is 21.1. The first-order chi connectivity index (χ1) is 12.6. The smallest absolute Gasteiger partial charge is 0.340 e. The zero-order chi connectivity index (χ0) is 20.2. The summed E-state index contributed by atoms with van der Waals surface area (Å²) in [6, 6.07) is 6.82. The van der Waals surface area contributed by atoms with Crippen LogP contribution in [0.2, 0.25) is 10.2 Å². The molecule has 8 nitrogen and oxygen atoms in total. The summed E-state index contributed by atoms with van der Waals surface area (Å²) >= 11 is 11.6. The first-order valence-corrected chi connectivity index (χ1v) is 9.61. The third-order valence-corrected chi connectivity index (χ3v) is 5.79. The van der Waals surface area contributed by atoms with E-state index in [1.165, 1.54) is 50.6 Å². The Morgan fingerprint density at radius 2 is 1.89 bits per heavy atom. The molecule has 2 aromatic rings. The summed E-state index contributed by atoms with van der Waals surface area (Å²) in [7, 11) is -1.06. The Kier molecular flexibility index (Phi) is 6.77. The summed E-state index contributed by atoms with van der Waals surface area (Å²) in [5.41, 5.74) is 0.326. The molecule has 0 aliphatic heterocycles. The average Bonchev–Trinajstić information content (AvgIpc) is 2.61. The summed E-state index contributed by atoms with van der Waals surface area (Å²) in [4.78, 5) is 27.4. The predicted octanol–water partition coefficient (Wildman–Crippen LogP) is 2.43. The fourth-order valence-corrected chi connectivity index (χ4v) is 3.39. The van der Waals surface area contributed by atoms with Crippen LogP contribution in [0.1, 0.15) is 10.4 Å². The van der Waals surface area contributed by atoms with Crippen molar-refractivity contribution in [1.29, 1.82) is 0 Å². The number of rotatable bonds is 6. The van der Waals surface area contributed by atoms with Gasteiger partial charge in [0.1, 0.15) is 10.0 Å². The van der Waals surface area contributed by atoms with Crippen molar-refractivity contribution in [1.82, 2.24) is 9.29 Å². The minimum absolute atomic E-state index is 0.0170. The van der Waals surface area contributed by atoms with E-state index in [0.29, 0.717) is 0 Å². The highest BCUT2D eigenvalue weighted by Crippen LogP contribution is 2.26. The summed E-state index contributed by atoms with van der Waals surface area (Å²) in [6.07, 6.45) is 1.22. The van der Waals surface area contributed by atoms with E-state index >= 15 is 0 Å². The highest BCUT2D eigenvalue weighted by molar-refractivity contribution is 7.89. The molecule has 11 heteroatoms. The van der Waals surface area contributed by atoms with E-state index in [2.05, 4.69) is 10.3 Å². The van der Waals surface area contributed by atoms with Crippen LogP contribution >= 0.6 is 23.2 Å². The maximum absolute atomic E-state index is 12.2. The molecule has 1 aromatic heterocycles. The van der Waals surface area contributed by atoms with Crippen LogP contribution in [0, 0.1) is 0 Å². The molecule has 0 aliphatic rings. The fourth-order valence-electron chi connectivity index (χ4n) is 1.88. The van der Waals surface area contributed by atoms with Crippen LogP contribution in [-0.4, -0.2) is 50.3 Å². The SMILES string of the molecule is CN(C)S(=O)(=O)c1cc(NC(=O)COC(=O)c2ccc(Cl)nc2)ccc1Cl. The summed E-state index contributed by atoms with van der Waals surface area (Å²) in [6.45, 7) is -0.570. The van der Waals surface area contributed by atoms with Gasteiger partial charge in [0.25, 0.3) is 5.91 Å². The lowest BCUT2D eigenvalue weighted by atomic mass is 10.3. The van der Waals surface area contributed by atoms with Crippen molar-refractivity contribution in [2.45, 2.75) is 4.90 Å². The summed E-state index contributed by atoms with van der Waals surface area (Å²) in [5.74, 6) is -1.40. The maximum Gasteiger partial charge on any atom is 0.340 e. The van der Waals surface area contributed by atoms with Gasteiger partial charge in [-0.2, -0.15) is 0 Å². The van der Waals surface area contributed by atoms with Crippen LogP contribution in [0.3, 0.4) is 0 Å². The zero-order valence-corrected chi connectivity index (χ0v) is 16.6. The Morgan fingerprint density at radius 1 is 1.19 bits per heavy atom. The molecule has 144 valence electrons. The van der Waals surface area contributed by atoms with Gasteiger partial charge in [-0.3, -0.25) is 4.79 Å². The second-order valence-electron chi connectivity index (χ2n) is 5.43. The molecule has 0 aliphatic carbocycles. The molecule has 0 fully saturated rings. The van der Waals surface area contributed by atoms with Crippen LogP contribution in [-0.2, 0) is 19.6 Å². The molecule has 1 amide bonds. The van der Waals surface area contributed by atoms with Gasteiger partial charge in [0.05, 0.1) is 10.6 Å². The number of hydrogen-bond donors (Lipinski definition) is 1. The van der Waals surface area contributed by atoms with E-state index in [1.807, 2.05) is 0 Å². The van der Waals surface area contributed by atoms with Gasteiger partial charge in [-0.05, 0) is 30.3 Å². The van der Waals surface area contributed by atoms with Crippen molar-refractivity contribution in [3.8, 4) is 0 Å². The lowest BCUT2D eigenvalue weighted by Gasteiger charge is -2.14. The van der Waals surface area contributed by atoms with Crippen molar-refractivity contribution in [3.63, 3.8) is 0 Å². The number of esters is 1. The molecule has 0 spiro atoms. The highest BCUT2D eigenvalue weighted by atomic mass is 35.5. The largest absolute Gasteiger partial charge is 0.452 e. The monoisotopic (exact) mass is 431 g/mol. The normalized spacial score (nSPS) is 11.3. The van der Waals surface area contributed by atoms with E-state index in [0.717, 1.165) is 4.31 Å². The number of nitrogens with one attached hydrogen (secondary N) is 1. The summed E-state index contributed by atoms with van der Waals surface area (Å²) < 4.78 is 30.3. The van der Waals surface area contributed by atoms with Crippen LogP contribution < -0.4 is 5.32 Å². The number of benzene rings is 1. The third-order valence-electron chi connectivity index (χ3n) is 3.27. The minimum atomic E-state index is -3.78. The number of amides is 1. The van der Waals surface area contributed by atoms with E-state index in [-0.39, 0.29) is 26.3 Å². The number of sulfonamides is 1. The Morgan fingerprint density at radius 3 is 2.48 bits per heavy atom. The molecule has 1 heterocycles. The molecule has 0 unspecified atom stereocenters. The molecule has 2 rings (SSSR count). The molecular formula is C16H15Cl2N3O5S. The van der Waals surface area contributed by atoms with Crippen molar-refractivity contribution in [2.24, 2.45) is 0 Å². The van der Waals surface area contributed by atoms with Gasteiger partial charge in [-0.15, -0.1) is 0 Å². The Balaban J connectivity index is 2.04. The van der Waals surface area contributed by atoms with Gasteiger partial charge in [-0.25, -0.2) is 22.5 Å². The summed E-state index contributed by atoms with van der Waals surface area (Å²) in [5, 5.41) is 2.68. The molecule has 0 saturated heterocycles. The van der Waals surface area contributed by atoms with E-state index in [9.17, 15) is 18.0 Å². The van der Waals surface area contributed by atoms with Gasteiger partial charge in [0, 0.05) is 26.0 Å². The lowest BCUT2D eigenvalue weighted by Crippen LogP contribution is -2.23. The topological polar surface area (TPSA) is 106 Å². The van der Waals surface area contributed by atoms with Crippen LogP contribution in [0.15, 0.2) is 41.4 Å². The van der Waals surface area contributed by atoms with Gasteiger partial charge in [-0.1, -0.05) is 23.2 Å². The Labute approximate surface area is 166 Å². The molecule has 0 bridgehead atoms. The molecular weight excluding hydrogens is 417 g/mol. The number of carbonyl (C=O) groups excluding carboxylic acids is 2. The number of nitrogens with zero attached hydrogens (tertiary/aromatic N) is 2.